The molecule has 0 spiro atoms. The van der Waals surface area contributed by atoms with Crippen molar-refractivity contribution in [3.05, 3.63) is 28.5 Å². The summed E-state index contributed by atoms with van der Waals surface area (Å²) in [5.74, 6) is 0. The van der Waals surface area contributed by atoms with Crippen LogP contribution in [0.5, 0.6) is 0 Å². The second-order valence-corrected chi connectivity index (χ2v) is 6.76. The van der Waals surface area contributed by atoms with Crippen LogP contribution in [-0.2, 0) is 11.4 Å². The van der Waals surface area contributed by atoms with Crippen LogP contribution in [0, 0.1) is 0 Å². The maximum Gasteiger partial charge on any atom is 0.144 e. The zero-order valence-electron chi connectivity index (χ0n) is 8.90. The van der Waals surface area contributed by atoms with Crippen molar-refractivity contribution in [1.82, 2.24) is 4.98 Å². The fourth-order valence-corrected chi connectivity index (χ4v) is 1.50. The molecule has 0 fully saturated rings. The topological polar surface area (TPSA) is 48.3 Å². The zero-order chi connectivity index (χ0) is 11.5. The summed E-state index contributed by atoms with van der Waals surface area (Å²) >= 11 is 2.03. The maximum absolute atomic E-state index is 11.6. The molecule has 0 bridgehead atoms. The summed E-state index contributed by atoms with van der Waals surface area (Å²) < 4.78 is 16.0. The average molecular weight is 289 g/mol. The first kappa shape index (κ1) is 12.7. The van der Waals surface area contributed by atoms with Crippen LogP contribution in [0.25, 0.3) is 0 Å². The van der Waals surface area contributed by atoms with E-state index >= 15 is 0 Å². The molecular weight excluding hydrogens is 276 g/mol. The predicted molar refractivity (Wildman–Crippen MR) is 67.4 cm³/mol. The van der Waals surface area contributed by atoms with Crippen molar-refractivity contribution in [3.63, 3.8) is 0 Å². The van der Waals surface area contributed by atoms with E-state index in [-0.39, 0.29) is 4.75 Å². The molecule has 82 valence electrons. The van der Waals surface area contributed by atoms with Gasteiger partial charge in [0.2, 0.25) is 0 Å². The quantitative estimate of drug-likeness (QED) is 0.477. The van der Waals surface area contributed by atoms with Gasteiger partial charge in [-0.25, -0.2) is 4.98 Å². The van der Waals surface area contributed by atoms with Crippen LogP contribution in [-0.4, -0.2) is 20.5 Å². The summed E-state index contributed by atoms with van der Waals surface area (Å²) in [5, 5.41) is 0. The van der Waals surface area contributed by atoms with E-state index in [1.807, 2.05) is 32.9 Å². The number of pyridine rings is 1. The Morgan fingerprint density at radius 2 is 2.13 bits per heavy atom. The number of aromatic nitrogens is 1. The summed E-state index contributed by atoms with van der Waals surface area (Å²) in [6.07, 6.45) is 3.26. The summed E-state index contributed by atoms with van der Waals surface area (Å²) in [4.78, 5) is 4.05. The van der Waals surface area contributed by atoms with Crippen molar-refractivity contribution in [2.24, 2.45) is 4.40 Å². The highest BCUT2D eigenvalue weighted by atomic mass is 79.9. The van der Waals surface area contributed by atoms with Gasteiger partial charge in [-0.3, -0.25) is 0 Å². The summed E-state index contributed by atoms with van der Waals surface area (Å²) in [5.41, 5.74) is 0.843. The van der Waals surface area contributed by atoms with Crippen LogP contribution in [0.3, 0.4) is 0 Å². The fraction of sp³-hybridized carbons (Fsp3) is 0.400. The van der Waals surface area contributed by atoms with Crippen molar-refractivity contribution in [2.75, 3.05) is 0 Å². The molecule has 0 aromatic carbocycles. The Balaban J connectivity index is 2.70. The predicted octanol–water partition coefficient (Wildman–Crippen LogP) is 2.73. The van der Waals surface area contributed by atoms with Crippen LogP contribution in [0.1, 0.15) is 26.3 Å². The average Bonchev–Trinajstić information content (AvgIpc) is 2.15. The van der Waals surface area contributed by atoms with Crippen LogP contribution < -0.4 is 0 Å². The summed E-state index contributed by atoms with van der Waals surface area (Å²) in [6.45, 7) is 5.67. The van der Waals surface area contributed by atoms with Gasteiger partial charge in [-0.05, 0) is 48.8 Å². The van der Waals surface area contributed by atoms with Gasteiger partial charge < -0.3 is 4.55 Å². The molecule has 1 atom stereocenters. The van der Waals surface area contributed by atoms with Gasteiger partial charge in [-0.2, -0.15) is 0 Å². The van der Waals surface area contributed by atoms with Crippen LogP contribution >= 0.6 is 15.9 Å². The van der Waals surface area contributed by atoms with E-state index < -0.39 is 11.4 Å². The molecule has 0 saturated heterocycles. The molecule has 1 aromatic rings. The minimum absolute atomic E-state index is 0.320. The van der Waals surface area contributed by atoms with Crippen molar-refractivity contribution in [3.8, 4) is 0 Å². The Morgan fingerprint density at radius 1 is 1.47 bits per heavy atom. The minimum Gasteiger partial charge on any atom is -0.591 e. The largest absolute Gasteiger partial charge is 0.591 e. The molecule has 5 heteroatoms. The van der Waals surface area contributed by atoms with Gasteiger partial charge in [0.1, 0.15) is 20.7 Å². The van der Waals surface area contributed by atoms with Crippen molar-refractivity contribution < 1.29 is 4.55 Å². The molecule has 3 nitrogen and oxygen atoms in total. The van der Waals surface area contributed by atoms with Crippen LogP contribution in [0.4, 0.5) is 0 Å². The lowest BCUT2D eigenvalue weighted by atomic mass is 10.3. The third kappa shape index (κ3) is 4.32. The van der Waals surface area contributed by atoms with E-state index in [0.717, 1.165) is 10.2 Å². The highest BCUT2D eigenvalue weighted by molar-refractivity contribution is 9.10. The Morgan fingerprint density at radius 3 is 2.60 bits per heavy atom. The first-order valence-electron chi connectivity index (χ1n) is 4.47. The van der Waals surface area contributed by atoms with E-state index in [2.05, 4.69) is 25.3 Å². The minimum atomic E-state index is -1.21. The van der Waals surface area contributed by atoms with Crippen LogP contribution in [0.2, 0.25) is 0 Å². The smallest absolute Gasteiger partial charge is 0.144 e. The third-order valence-corrected chi connectivity index (χ3v) is 3.39. The van der Waals surface area contributed by atoms with Crippen molar-refractivity contribution in [1.29, 1.82) is 0 Å². The van der Waals surface area contributed by atoms with Gasteiger partial charge in [0.05, 0.1) is 6.21 Å². The van der Waals surface area contributed by atoms with Gasteiger partial charge in [0.25, 0.3) is 0 Å². The monoisotopic (exact) mass is 288 g/mol. The molecule has 0 unspecified atom stereocenters. The van der Waals surface area contributed by atoms with E-state index in [4.69, 9.17) is 0 Å². The molecule has 0 aliphatic carbocycles. The lowest BCUT2D eigenvalue weighted by Gasteiger charge is -2.17. The molecule has 1 heterocycles. The molecule has 0 radical (unpaired) electrons. The Kier molecular flexibility index (Phi) is 4.31. The molecule has 0 aliphatic rings. The number of hydrogen-bond donors (Lipinski definition) is 0. The first-order valence-corrected chi connectivity index (χ1v) is 6.37. The van der Waals surface area contributed by atoms with E-state index in [1.54, 1.807) is 12.4 Å². The van der Waals surface area contributed by atoms with E-state index in [1.165, 1.54) is 0 Å². The number of hydrogen-bond acceptors (Lipinski definition) is 3. The standard InChI is InChI=1S/C10H13BrN2OS/c1-10(2,3)15(14)13-7-8-4-5-9(11)12-6-8/h4-7H,1-3H3/b13-7+/t15-/m1/s1. The lowest BCUT2D eigenvalue weighted by molar-refractivity contribution is 0.562. The first-order chi connectivity index (χ1) is 6.89. The molecule has 0 N–H and O–H groups in total. The number of nitrogens with zero attached hydrogens (tertiary/aromatic N) is 2. The Labute approximate surface area is 101 Å². The second kappa shape index (κ2) is 5.09. The van der Waals surface area contributed by atoms with Gasteiger partial charge in [0, 0.05) is 11.8 Å². The highest BCUT2D eigenvalue weighted by Gasteiger charge is 2.25. The number of halogens is 1. The normalized spacial score (nSPS) is 14.5. The van der Waals surface area contributed by atoms with Gasteiger partial charge in [0.15, 0.2) is 0 Å². The van der Waals surface area contributed by atoms with Gasteiger partial charge >= 0.3 is 0 Å². The third-order valence-electron chi connectivity index (χ3n) is 1.57. The van der Waals surface area contributed by atoms with Crippen molar-refractivity contribution >= 4 is 33.5 Å². The molecule has 0 aliphatic heterocycles. The molecule has 0 amide bonds. The van der Waals surface area contributed by atoms with Gasteiger partial charge in [-0.1, -0.05) is 4.40 Å². The van der Waals surface area contributed by atoms with E-state index in [9.17, 15) is 4.55 Å². The van der Waals surface area contributed by atoms with Crippen molar-refractivity contribution in [2.45, 2.75) is 25.5 Å². The molecule has 0 saturated carbocycles. The van der Waals surface area contributed by atoms with E-state index in [0.29, 0.717) is 0 Å². The summed E-state index contributed by atoms with van der Waals surface area (Å²) in [7, 11) is 0. The fourth-order valence-electron chi connectivity index (χ4n) is 0.730. The SMILES string of the molecule is CC(C)(C)[S@@+]([O-])/N=C/c1ccc(Br)nc1. The lowest BCUT2D eigenvalue weighted by Crippen LogP contribution is -2.25. The molecular formula is C10H13BrN2OS. The molecule has 1 rings (SSSR count). The molecule has 1 aromatic heterocycles. The van der Waals surface area contributed by atoms with Crippen LogP contribution in [0.15, 0.2) is 27.3 Å². The second-order valence-electron chi connectivity index (χ2n) is 4.01. The Bertz CT molecular complexity index is 345. The number of rotatable bonds is 2. The molecule has 15 heavy (non-hydrogen) atoms. The van der Waals surface area contributed by atoms with Gasteiger partial charge in [-0.15, -0.1) is 0 Å². The Hall–Kier alpha value is -0.390. The summed E-state index contributed by atoms with van der Waals surface area (Å²) in [6, 6.07) is 3.68. The zero-order valence-corrected chi connectivity index (χ0v) is 11.3. The highest BCUT2D eigenvalue weighted by Crippen LogP contribution is 2.16. The maximum atomic E-state index is 11.6.